The van der Waals surface area contributed by atoms with Gasteiger partial charge in [-0.3, -0.25) is 4.79 Å². The van der Waals surface area contributed by atoms with Gasteiger partial charge in [0.25, 0.3) is 10.0 Å². The Balaban J connectivity index is 1.82. The molecule has 3 rings (SSSR count). The van der Waals surface area contributed by atoms with Crippen LogP contribution in [0.2, 0.25) is 0 Å². The lowest BCUT2D eigenvalue weighted by Gasteiger charge is -2.25. The number of carbonyl (C=O) groups is 2. The summed E-state index contributed by atoms with van der Waals surface area (Å²) >= 11 is 0. The average Bonchev–Trinajstić information content (AvgIpc) is 2.83. The van der Waals surface area contributed by atoms with Crippen LogP contribution in [0.4, 0.5) is 10.5 Å². The molecule has 0 saturated heterocycles. The third kappa shape index (κ3) is 5.99. The summed E-state index contributed by atoms with van der Waals surface area (Å²) in [5, 5.41) is 11.5. The highest BCUT2D eigenvalue weighted by Crippen LogP contribution is 2.17. The van der Waals surface area contributed by atoms with Gasteiger partial charge in [-0.2, -0.15) is 5.26 Å². The molecule has 2 N–H and O–H groups in total. The number of likely N-dealkylation sites (N-methyl/N-ethyl adjacent to an activating group) is 1. The van der Waals surface area contributed by atoms with E-state index in [0.717, 1.165) is 5.56 Å². The highest BCUT2D eigenvalue weighted by molar-refractivity contribution is 7.90. The number of nitriles is 1. The van der Waals surface area contributed by atoms with Crippen molar-refractivity contribution in [1.29, 1.82) is 5.26 Å². The number of hydrogen-bond donors (Lipinski definition) is 2. The van der Waals surface area contributed by atoms with E-state index >= 15 is 0 Å². The molecule has 9 heteroatoms. The van der Waals surface area contributed by atoms with Gasteiger partial charge in [0, 0.05) is 19.2 Å². The van der Waals surface area contributed by atoms with Gasteiger partial charge in [0.1, 0.15) is 6.04 Å². The van der Waals surface area contributed by atoms with Gasteiger partial charge in [0.05, 0.1) is 16.5 Å². The van der Waals surface area contributed by atoms with Gasteiger partial charge < -0.3 is 10.2 Å². The molecule has 0 aliphatic heterocycles. The number of rotatable bonds is 7. The first kappa shape index (κ1) is 24.5. The van der Waals surface area contributed by atoms with E-state index in [-0.39, 0.29) is 11.3 Å². The fourth-order valence-electron chi connectivity index (χ4n) is 3.39. The van der Waals surface area contributed by atoms with E-state index in [2.05, 4.69) is 5.32 Å². The lowest BCUT2D eigenvalue weighted by molar-refractivity contribution is -0.120. The van der Waals surface area contributed by atoms with Crippen molar-refractivity contribution in [3.63, 3.8) is 0 Å². The molecule has 0 aliphatic rings. The van der Waals surface area contributed by atoms with Crippen LogP contribution in [0.3, 0.4) is 0 Å². The Morgan fingerprint density at radius 1 is 0.971 bits per heavy atom. The number of sulfonamides is 1. The Kier molecular flexibility index (Phi) is 7.66. The molecule has 0 aliphatic carbocycles. The molecule has 0 fully saturated rings. The predicted octanol–water partition coefficient (Wildman–Crippen LogP) is 3.13. The van der Waals surface area contributed by atoms with Crippen LogP contribution >= 0.6 is 0 Å². The molecule has 0 aromatic heterocycles. The molecule has 3 amide bonds. The number of urea groups is 1. The second-order valence-electron chi connectivity index (χ2n) is 7.64. The first-order valence-electron chi connectivity index (χ1n) is 10.4. The normalized spacial score (nSPS) is 11.7. The third-order valence-electron chi connectivity index (χ3n) is 5.21. The summed E-state index contributed by atoms with van der Waals surface area (Å²) < 4.78 is 27.4. The number of aryl methyl sites for hydroxylation is 1. The Morgan fingerprint density at radius 3 is 2.21 bits per heavy atom. The zero-order valence-corrected chi connectivity index (χ0v) is 19.5. The molecule has 0 bridgehead atoms. The lowest BCUT2D eigenvalue weighted by atomic mass is 10.0. The highest BCUT2D eigenvalue weighted by Gasteiger charge is 2.27. The summed E-state index contributed by atoms with van der Waals surface area (Å²) in [6.45, 7) is 1.63. The van der Waals surface area contributed by atoms with Crippen molar-refractivity contribution in [2.75, 3.05) is 11.9 Å². The van der Waals surface area contributed by atoms with E-state index in [9.17, 15) is 18.0 Å². The van der Waals surface area contributed by atoms with Crippen LogP contribution in [-0.4, -0.2) is 33.4 Å². The van der Waals surface area contributed by atoms with Crippen LogP contribution in [0.5, 0.6) is 0 Å². The summed E-state index contributed by atoms with van der Waals surface area (Å²) in [7, 11) is -2.59. The molecule has 1 atom stereocenters. The van der Waals surface area contributed by atoms with Crippen LogP contribution in [0, 0.1) is 18.3 Å². The van der Waals surface area contributed by atoms with Gasteiger partial charge in [-0.1, -0.05) is 48.5 Å². The van der Waals surface area contributed by atoms with Crippen LogP contribution < -0.4 is 14.9 Å². The fraction of sp³-hybridized carbons (Fsp3) is 0.160. The van der Waals surface area contributed by atoms with Crippen molar-refractivity contribution in [2.24, 2.45) is 0 Å². The summed E-state index contributed by atoms with van der Waals surface area (Å²) in [5.74, 6) is -0.447. The third-order valence-corrected chi connectivity index (χ3v) is 6.70. The number of nitrogens with zero attached hydrogens (tertiary/aromatic N) is 2. The molecular formula is C25H24N4O4S. The number of nitrogens with one attached hydrogen (secondary N) is 2. The van der Waals surface area contributed by atoms with Gasteiger partial charge in [0.15, 0.2) is 0 Å². The average molecular weight is 477 g/mol. The zero-order valence-electron chi connectivity index (χ0n) is 18.7. The first-order valence-corrected chi connectivity index (χ1v) is 11.9. The van der Waals surface area contributed by atoms with Crippen molar-refractivity contribution in [1.82, 2.24) is 10.0 Å². The van der Waals surface area contributed by atoms with Gasteiger partial charge in [-0.05, 0) is 48.4 Å². The number of carbonyl (C=O) groups excluding carboxylic acids is 2. The topological polar surface area (TPSA) is 119 Å². The molecule has 0 unspecified atom stereocenters. The predicted molar refractivity (Wildman–Crippen MR) is 129 cm³/mol. The molecule has 0 heterocycles. The minimum absolute atomic E-state index is 0.0224. The molecule has 0 spiro atoms. The van der Waals surface area contributed by atoms with E-state index in [1.54, 1.807) is 56.4 Å². The van der Waals surface area contributed by atoms with E-state index in [1.165, 1.54) is 11.0 Å². The van der Waals surface area contributed by atoms with E-state index < -0.39 is 28.0 Å². The number of anilines is 1. The van der Waals surface area contributed by atoms with Crippen molar-refractivity contribution in [3.05, 3.63) is 95.6 Å². The maximum Gasteiger partial charge on any atom is 0.329 e. The van der Waals surface area contributed by atoms with Crippen LogP contribution in [0.1, 0.15) is 16.7 Å². The molecule has 174 valence electrons. The first-order chi connectivity index (χ1) is 16.2. The lowest BCUT2D eigenvalue weighted by Crippen LogP contribution is -2.52. The second-order valence-corrected chi connectivity index (χ2v) is 9.29. The van der Waals surface area contributed by atoms with Crippen LogP contribution in [0.15, 0.2) is 83.8 Å². The molecule has 3 aromatic carbocycles. The van der Waals surface area contributed by atoms with Gasteiger partial charge in [-0.25, -0.2) is 17.9 Å². The minimum atomic E-state index is -4.13. The SMILES string of the molecule is Cc1ccccc1S(=O)(=O)NC(=O)N[C@@H](Cc1ccccc1)C(=O)N(C)c1ccc(C#N)cc1. The summed E-state index contributed by atoms with van der Waals surface area (Å²) in [6, 6.07) is 21.7. The Hall–Kier alpha value is -4.16. The van der Waals surface area contributed by atoms with E-state index in [4.69, 9.17) is 5.26 Å². The minimum Gasteiger partial charge on any atom is -0.325 e. The van der Waals surface area contributed by atoms with Gasteiger partial charge >= 0.3 is 6.03 Å². The fourth-order valence-corrected chi connectivity index (χ4v) is 4.56. The van der Waals surface area contributed by atoms with Crippen molar-refractivity contribution in [3.8, 4) is 6.07 Å². The maximum atomic E-state index is 13.3. The molecule has 0 radical (unpaired) electrons. The smallest absolute Gasteiger partial charge is 0.325 e. The maximum absolute atomic E-state index is 13.3. The van der Waals surface area contributed by atoms with E-state index in [1.807, 2.05) is 41.1 Å². The Bertz CT molecular complexity index is 1320. The zero-order chi connectivity index (χ0) is 24.7. The monoisotopic (exact) mass is 476 g/mol. The molecule has 34 heavy (non-hydrogen) atoms. The van der Waals surface area contributed by atoms with Gasteiger partial charge in [0.2, 0.25) is 5.91 Å². The Labute approximate surface area is 198 Å². The van der Waals surface area contributed by atoms with Crippen molar-refractivity contribution >= 4 is 27.6 Å². The van der Waals surface area contributed by atoms with Gasteiger partial charge in [-0.15, -0.1) is 0 Å². The quantitative estimate of drug-likeness (QED) is 0.543. The molecule has 8 nitrogen and oxygen atoms in total. The summed E-state index contributed by atoms with van der Waals surface area (Å²) in [6.07, 6.45) is 0.151. The molecule has 3 aromatic rings. The largest absolute Gasteiger partial charge is 0.329 e. The Morgan fingerprint density at radius 2 is 1.59 bits per heavy atom. The van der Waals surface area contributed by atoms with Crippen LogP contribution in [0.25, 0.3) is 0 Å². The summed E-state index contributed by atoms with van der Waals surface area (Å²) in [5.41, 5.74) is 2.25. The number of benzene rings is 3. The van der Waals surface area contributed by atoms with Crippen molar-refractivity contribution in [2.45, 2.75) is 24.3 Å². The van der Waals surface area contributed by atoms with Crippen molar-refractivity contribution < 1.29 is 18.0 Å². The standard InChI is InChI=1S/C25H24N4O4S/c1-18-8-6-7-11-23(18)34(32,33)28-25(31)27-22(16-19-9-4-3-5-10-19)24(30)29(2)21-14-12-20(17-26)13-15-21/h3-15,22H,16H2,1-2H3,(H2,27,28,31)/t22-/m0/s1. The van der Waals surface area contributed by atoms with Crippen LogP contribution in [-0.2, 0) is 21.2 Å². The molecular weight excluding hydrogens is 452 g/mol. The number of hydrogen-bond acceptors (Lipinski definition) is 5. The number of amides is 3. The van der Waals surface area contributed by atoms with E-state index in [0.29, 0.717) is 16.8 Å². The summed E-state index contributed by atoms with van der Waals surface area (Å²) in [4.78, 5) is 27.3. The molecule has 0 saturated carbocycles. The second kappa shape index (κ2) is 10.6. The highest BCUT2D eigenvalue weighted by atomic mass is 32.2.